The van der Waals surface area contributed by atoms with Gasteiger partial charge in [-0.1, -0.05) is 25.0 Å². The predicted molar refractivity (Wildman–Crippen MR) is 71.3 cm³/mol. The number of aromatic nitrogens is 2. The van der Waals surface area contributed by atoms with E-state index in [1.54, 1.807) is 10.9 Å². The average molecular weight is 256 g/mol. The molecular formula is C15H16N2O2. The quantitative estimate of drug-likeness (QED) is 0.918. The topological polar surface area (TPSA) is 55.1 Å². The van der Waals surface area contributed by atoms with Gasteiger partial charge in [0, 0.05) is 12.4 Å². The molecular weight excluding hydrogens is 240 g/mol. The van der Waals surface area contributed by atoms with E-state index in [1.165, 1.54) is 0 Å². The van der Waals surface area contributed by atoms with E-state index in [9.17, 15) is 9.90 Å². The fraction of sp³-hybridized carbons (Fsp3) is 0.333. The van der Waals surface area contributed by atoms with Crippen molar-refractivity contribution >= 4 is 5.97 Å². The Kier molecular flexibility index (Phi) is 2.85. The highest BCUT2D eigenvalue weighted by Crippen LogP contribution is 2.41. The van der Waals surface area contributed by atoms with Crippen LogP contribution in [0.1, 0.15) is 31.2 Å². The number of carboxylic acid groups (broad SMARTS) is 1. The molecule has 0 radical (unpaired) electrons. The normalized spacial score (nSPS) is 17.5. The van der Waals surface area contributed by atoms with E-state index in [1.807, 2.05) is 36.5 Å². The molecule has 3 rings (SSSR count). The Balaban J connectivity index is 1.96. The molecule has 0 bridgehead atoms. The van der Waals surface area contributed by atoms with Crippen LogP contribution in [0.2, 0.25) is 0 Å². The standard InChI is InChI=1S/C15H16N2O2/c18-14(19)15(8-1-2-9-15)12-4-6-13(7-5-12)17-11-3-10-16-17/h3-7,10-11H,1-2,8-9H2,(H,18,19). The molecule has 1 N–H and O–H groups in total. The number of nitrogens with zero attached hydrogens (tertiary/aromatic N) is 2. The van der Waals surface area contributed by atoms with Gasteiger partial charge in [-0.2, -0.15) is 5.10 Å². The number of rotatable bonds is 3. The lowest BCUT2D eigenvalue weighted by atomic mass is 9.79. The Morgan fingerprint density at radius 2 is 1.89 bits per heavy atom. The van der Waals surface area contributed by atoms with Gasteiger partial charge in [0.05, 0.1) is 11.1 Å². The highest BCUT2D eigenvalue weighted by molar-refractivity contribution is 5.81. The Labute approximate surface area is 111 Å². The van der Waals surface area contributed by atoms with E-state index in [0.29, 0.717) is 0 Å². The zero-order valence-electron chi connectivity index (χ0n) is 10.6. The summed E-state index contributed by atoms with van der Waals surface area (Å²) >= 11 is 0. The molecule has 0 saturated heterocycles. The number of hydrogen-bond acceptors (Lipinski definition) is 2. The number of carboxylic acids is 1. The Morgan fingerprint density at radius 1 is 1.21 bits per heavy atom. The molecule has 1 fully saturated rings. The summed E-state index contributed by atoms with van der Waals surface area (Å²) in [6.07, 6.45) is 7.06. The van der Waals surface area contributed by atoms with Crippen LogP contribution in [0.15, 0.2) is 42.7 Å². The molecule has 1 aromatic carbocycles. The maximum absolute atomic E-state index is 11.6. The maximum Gasteiger partial charge on any atom is 0.314 e. The van der Waals surface area contributed by atoms with Crippen LogP contribution in [0.3, 0.4) is 0 Å². The van der Waals surface area contributed by atoms with Gasteiger partial charge in [-0.05, 0) is 36.6 Å². The molecule has 1 saturated carbocycles. The van der Waals surface area contributed by atoms with Crippen LogP contribution in [-0.4, -0.2) is 20.9 Å². The number of benzene rings is 1. The Hall–Kier alpha value is -2.10. The van der Waals surface area contributed by atoms with Crippen LogP contribution in [0.5, 0.6) is 0 Å². The number of hydrogen-bond donors (Lipinski definition) is 1. The highest BCUT2D eigenvalue weighted by atomic mass is 16.4. The molecule has 0 amide bonds. The minimum Gasteiger partial charge on any atom is -0.481 e. The third-order valence-corrected chi connectivity index (χ3v) is 4.06. The van der Waals surface area contributed by atoms with E-state index >= 15 is 0 Å². The molecule has 98 valence electrons. The first-order valence-corrected chi connectivity index (χ1v) is 6.56. The van der Waals surface area contributed by atoms with Gasteiger partial charge < -0.3 is 5.11 Å². The van der Waals surface area contributed by atoms with Crippen LogP contribution in [0.25, 0.3) is 5.69 Å². The smallest absolute Gasteiger partial charge is 0.314 e. The van der Waals surface area contributed by atoms with E-state index in [2.05, 4.69) is 5.10 Å². The molecule has 0 unspecified atom stereocenters. The molecule has 0 spiro atoms. The summed E-state index contributed by atoms with van der Waals surface area (Å²) in [5.41, 5.74) is 1.18. The minimum absolute atomic E-state index is 0.678. The largest absolute Gasteiger partial charge is 0.481 e. The van der Waals surface area contributed by atoms with Crippen LogP contribution >= 0.6 is 0 Å². The molecule has 0 aliphatic heterocycles. The zero-order valence-corrected chi connectivity index (χ0v) is 10.6. The van der Waals surface area contributed by atoms with Crippen LogP contribution in [-0.2, 0) is 10.2 Å². The summed E-state index contributed by atoms with van der Waals surface area (Å²) in [5, 5.41) is 13.7. The average Bonchev–Trinajstić information content (AvgIpc) is 3.11. The van der Waals surface area contributed by atoms with Gasteiger partial charge >= 0.3 is 5.97 Å². The van der Waals surface area contributed by atoms with Gasteiger partial charge in [-0.15, -0.1) is 0 Å². The number of aliphatic carboxylic acids is 1. The van der Waals surface area contributed by atoms with Gasteiger partial charge in [0.15, 0.2) is 0 Å². The van der Waals surface area contributed by atoms with Gasteiger partial charge in [-0.25, -0.2) is 4.68 Å². The van der Waals surface area contributed by atoms with Crippen molar-refractivity contribution in [1.29, 1.82) is 0 Å². The SMILES string of the molecule is O=C(O)C1(c2ccc(-n3cccn3)cc2)CCCC1. The first kappa shape index (κ1) is 12.0. The first-order valence-electron chi connectivity index (χ1n) is 6.56. The molecule has 19 heavy (non-hydrogen) atoms. The lowest BCUT2D eigenvalue weighted by Gasteiger charge is -2.24. The lowest BCUT2D eigenvalue weighted by Crippen LogP contribution is -2.32. The Morgan fingerprint density at radius 3 is 2.42 bits per heavy atom. The van der Waals surface area contributed by atoms with Crippen molar-refractivity contribution in [2.45, 2.75) is 31.1 Å². The van der Waals surface area contributed by atoms with Crippen molar-refractivity contribution in [2.24, 2.45) is 0 Å². The van der Waals surface area contributed by atoms with Gasteiger partial charge in [0.2, 0.25) is 0 Å². The second-order valence-corrected chi connectivity index (χ2v) is 5.09. The summed E-state index contributed by atoms with van der Waals surface area (Å²) in [4.78, 5) is 11.6. The summed E-state index contributed by atoms with van der Waals surface area (Å²) < 4.78 is 1.77. The second-order valence-electron chi connectivity index (χ2n) is 5.09. The highest BCUT2D eigenvalue weighted by Gasteiger charge is 2.42. The molecule has 2 aromatic rings. The summed E-state index contributed by atoms with van der Waals surface area (Å²) in [6.45, 7) is 0. The maximum atomic E-state index is 11.6. The first-order chi connectivity index (χ1) is 9.22. The molecule has 1 aliphatic rings. The molecule has 1 aliphatic carbocycles. The fourth-order valence-corrected chi connectivity index (χ4v) is 2.96. The van der Waals surface area contributed by atoms with Crippen molar-refractivity contribution in [3.63, 3.8) is 0 Å². The van der Waals surface area contributed by atoms with Gasteiger partial charge in [0.25, 0.3) is 0 Å². The third kappa shape index (κ3) is 1.93. The molecule has 1 heterocycles. The summed E-state index contributed by atoms with van der Waals surface area (Å²) in [5.74, 6) is -0.697. The Bertz CT molecular complexity index is 567. The second kappa shape index (κ2) is 4.53. The molecule has 0 atom stereocenters. The van der Waals surface area contributed by atoms with Crippen molar-refractivity contribution in [1.82, 2.24) is 9.78 Å². The van der Waals surface area contributed by atoms with Crippen LogP contribution in [0, 0.1) is 0 Å². The molecule has 1 aromatic heterocycles. The minimum atomic E-state index is -0.697. The summed E-state index contributed by atoms with van der Waals surface area (Å²) in [6, 6.07) is 9.59. The van der Waals surface area contributed by atoms with Crippen LogP contribution < -0.4 is 0 Å². The summed E-state index contributed by atoms with van der Waals surface area (Å²) in [7, 11) is 0. The third-order valence-electron chi connectivity index (χ3n) is 4.06. The zero-order chi connectivity index (χ0) is 13.3. The van der Waals surface area contributed by atoms with Crippen molar-refractivity contribution < 1.29 is 9.90 Å². The van der Waals surface area contributed by atoms with E-state index in [4.69, 9.17) is 0 Å². The van der Waals surface area contributed by atoms with Gasteiger partial charge in [0.1, 0.15) is 0 Å². The van der Waals surface area contributed by atoms with Crippen molar-refractivity contribution in [2.75, 3.05) is 0 Å². The van der Waals surface area contributed by atoms with Crippen molar-refractivity contribution in [3.8, 4) is 5.69 Å². The van der Waals surface area contributed by atoms with E-state index in [-0.39, 0.29) is 0 Å². The molecule has 4 nitrogen and oxygen atoms in total. The van der Waals surface area contributed by atoms with E-state index < -0.39 is 11.4 Å². The fourth-order valence-electron chi connectivity index (χ4n) is 2.96. The van der Waals surface area contributed by atoms with E-state index in [0.717, 1.165) is 36.9 Å². The van der Waals surface area contributed by atoms with Crippen molar-refractivity contribution in [3.05, 3.63) is 48.3 Å². The van der Waals surface area contributed by atoms with Gasteiger partial charge in [-0.3, -0.25) is 4.79 Å². The monoisotopic (exact) mass is 256 g/mol. The lowest BCUT2D eigenvalue weighted by molar-refractivity contribution is -0.143. The van der Waals surface area contributed by atoms with Crippen LogP contribution in [0.4, 0.5) is 0 Å². The number of carbonyl (C=O) groups is 1. The predicted octanol–water partition coefficient (Wildman–Crippen LogP) is 2.77. The molecule has 4 heteroatoms.